The lowest BCUT2D eigenvalue weighted by Crippen LogP contribution is -2.50. The van der Waals surface area contributed by atoms with Crippen molar-refractivity contribution in [3.63, 3.8) is 0 Å². The average molecular weight is 267 g/mol. The molecule has 3 amide bonds. The monoisotopic (exact) mass is 266 g/mol. The summed E-state index contributed by atoms with van der Waals surface area (Å²) in [5.41, 5.74) is 3.88. The summed E-state index contributed by atoms with van der Waals surface area (Å²) in [5, 5.41) is 2.85. The minimum atomic E-state index is -0.403. The Morgan fingerprint density at radius 2 is 1.89 bits per heavy atom. The van der Waals surface area contributed by atoms with Gasteiger partial charge in [-0.25, -0.2) is 4.79 Å². The highest BCUT2D eigenvalue weighted by molar-refractivity contribution is 6.34. The van der Waals surface area contributed by atoms with Gasteiger partial charge in [0.15, 0.2) is 0 Å². The standard InChI is InChI=1S/C13H15ClN2O2/c1-7-6-10(14)12(9(3)8(7)2)16-5-4-11(17)15-13(16)18/h6H,4-5H2,1-3H3,(H,15,17,18). The predicted octanol–water partition coefficient (Wildman–Crippen LogP) is 2.71. The Bertz CT molecular complexity index is 540. The van der Waals surface area contributed by atoms with Crippen molar-refractivity contribution in [2.45, 2.75) is 27.2 Å². The number of hydrogen-bond acceptors (Lipinski definition) is 2. The molecule has 2 rings (SSSR count). The Kier molecular flexibility index (Phi) is 3.30. The van der Waals surface area contributed by atoms with Crippen LogP contribution in [0.2, 0.25) is 5.02 Å². The van der Waals surface area contributed by atoms with Crippen molar-refractivity contribution in [1.82, 2.24) is 5.32 Å². The quantitative estimate of drug-likeness (QED) is 0.850. The van der Waals surface area contributed by atoms with Crippen LogP contribution in [0, 0.1) is 20.8 Å². The summed E-state index contributed by atoms with van der Waals surface area (Å²) < 4.78 is 0. The van der Waals surface area contributed by atoms with E-state index in [9.17, 15) is 9.59 Å². The van der Waals surface area contributed by atoms with Gasteiger partial charge in [0.05, 0.1) is 10.7 Å². The lowest BCUT2D eigenvalue weighted by Gasteiger charge is -2.29. The maximum absolute atomic E-state index is 11.8. The molecule has 1 heterocycles. The summed E-state index contributed by atoms with van der Waals surface area (Å²) in [5.74, 6) is -0.242. The maximum Gasteiger partial charge on any atom is 0.328 e. The van der Waals surface area contributed by atoms with Crippen LogP contribution in [0.4, 0.5) is 10.5 Å². The number of nitrogens with one attached hydrogen (secondary N) is 1. The third-order valence-electron chi connectivity index (χ3n) is 3.40. The van der Waals surface area contributed by atoms with E-state index >= 15 is 0 Å². The van der Waals surface area contributed by atoms with Crippen LogP contribution in [0.15, 0.2) is 6.07 Å². The highest BCUT2D eigenvalue weighted by atomic mass is 35.5. The van der Waals surface area contributed by atoms with Gasteiger partial charge < -0.3 is 0 Å². The lowest BCUT2D eigenvalue weighted by molar-refractivity contribution is -0.120. The maximum atomic E-state index is 11.8. The molecule has 0 saturated carbocycles. The van der Waals surface area contributed by atoms with Gasteiger partial charge in [-0.3, -0.25) is 15.0 Å². The third-order valence-corrected chi connectivity index (χ3v) is 3.69. The van der Waals surface area contributed by atoms with E-state index in [1.54, 1.807) is 0 Å². The van der Waals surface area contributed by atoms with E-state index in [1.807, 2.05) is 26.8 Å². The van der Waals surface area contributed by atoms with E-state index in [1.165, 1.54) is 4.90 Å². The van der Waals surface area contributed by atoms with Crippen LogP contribution < -0.4 is 10.2 Å². The first-order chi connectivity index (χ1) is 8.41. The minimum absolute atomic E-state index is 0.242. The molecule has 1 fully saturated rings. The molecule has 0 bridgehead atoms. The van der Waals surface area contributed by atoms with Crippen LogP contribution in [-0.2, 0) is 4.79 Å². The molecule has 18 heavy (non-hydrogen) atoms. The second kappa shape index (κ2) is 4.61. The number of hydrogen-bond donors (Lipinski definition) is 1. The zero-order chi connectivity index (χ0) is 13.4. The van der Waals surface area contributed by atoms with Crippen LogP contribution in [0.3, 0.4) is 0 Å². The molecule has 96 valence electrons. The van der Waals surface area contributed by atoms with E-state index < -0.39 is 6.03 Å². The number of aryl methyl sites for hydroxylation is 1. The number of imide groups is 1. The number of carbonyl (C=O) groups is 2. The molecular weight excluding hydrogens is 252 g/mol. The molecule has 0 radical (unpaired) electrons. The summed E-state index contributed by atoms with van der Waals surface area (Å²) in [6.07, 6.45) is 0.300. The summed E-state index contributed by atoms with van der Waals surface area (Å²) in [6, 6.07) is 1.45. The van der Waals surface area contributed by atoms with E-state index in [4.69, 9.17) is 11.6 Å². The Hall–Kier alpha value is -1.55. The first-order valence-electron chi connectivity index (χ1n) is 5.79. The predicted molar refractivity (Wildman–Crippen MR) is 71.2 cm³/mol. The first-order valence-corrected chi connectivity index (χ1v) is 6.17. The topological polar surface area (TPSA) is 49.4 Å². The minimum Gasteiger partial charge on any atom is -0.292 e. The number of amides is 3. The van der Waals surface area contributed by atoms with Gasteiger partial charge >= 0.3 is 6.03 Å². The largest absolute Gasteiger partial charge is 0.328 e. The molecule has 4 nitrogen and oxygen atoms in total. The van der Waals surface area contributed by atoms with Gasteiger partial charge in [-0.05, 0) is 43.5 Å². The molecule has 5 heteroatoms. The molecule has 1 N–H and O–H groups in total. The number of rotatable bonds is 1. The summed E-state index contributed by atoms with van der Waals surface area (Å²) in [7, 11) is 0. The number of nitrogens with zero attached hydrogens (tertiary/aromatic N) is 1. The van der Waals surface area contributed by atoms with Crippen LogP contribution in [0.25, 0.3) is 0 Å². The Morgan fingerprint density at radius 3 is 2.50 bits per heavy atom. The molecule has 1 aromatic rings. The van der Waals surface area contributed by atoms with Crippen LogP contribution in [0.5, 0.6) is 0 Å². The van der Waals surface area contributed by atoms with Crippen molar-refractivity contribution in [3.8, 4) is 0 Å². The Morgan fingerprint density at radius 1 is 1.22 bits per heavy atom. The number of urea groups is 1. The fourth-order valence-electron chi connectivity index (χ4n) is 2.13. The zero-order valence-corrected chi connectivity index (χ0v) is 11.4. The van der Waals surface area contributed by atoms with Crippen LogP contribution in [-0.4, -0.2) is 18.5 Å². The Balaban J connectivity index is 2.48. The lowest BCUT2D eigenvalue weighted by atomic mass is 10.0. The first kappa shape index (κ1) is 12.9. The number of carbonyl (C=O) groups excluding carboxylic acids is 2. The van der Waals surface area contributed by atoms with Gasteiger partial charge in [0.1, 0.15) is 0 Å². The van der Waals surface area contributed by atoms with Crippen molar-refractivity contribution in [2.75, 3.05) is 11.4 Å². The summed E-state index contributed by atoms with van der Waals surface area (Å²) in [4.78, 5) is 24.5. The van der Waals surface area contributed by atoms with Crippen LogP contribution in [0.1, 0.15) is 23.1 Å². The van der Waals surface area contributed by atoms with Gasteiger partial charge in [-0.2, -0.15) is 0 Å². The number of halogens is 1. The second-order valence-electron chi connectivity index (χ2n) is 4.53. The number of anilines is 1. The van der Waals surface area contributed by atoms with Gasteiger partial charge in [-0.1, -0.05) is 11.6 Å². The summed E-state index contributed by atoms with van der Waals surface area (Å²) in [6.45, 7) is 6.29. The van der Waals surface area contributed by atoms with Gasteiger partial charge in [0, 0.05) is 13.0 Å². The highest BCUT2D eigenvalue weighted by Gasteiger charge is 2.27. The van der Waals surface area contributed by atoms with Crippen molar-refractivity contribution < 1.29 is 9.59 Å². The van der Waals surface area contributed by atoms with Gasteiger partial charge in [-0.15, -0.1) is 0 Å². The normalized spacial score (nSPS) is 15.9. The van der Waals surface area contributed by atoms with E-state index in [-0.39, 0.29) is 5.91 Å². The molecule has 0 aromatic heterocycles. The van der Waals surface area contributed by atoms with E-state index in [0.29, 0.717) is 23.7 Å². The molecule has 0 unspecified atom stereocenters. The summed E-state index contributed by atoms with van der Waals surface area (Å²) >= 11 is 6.24. The fraction of sp³-hybridized carbons (Fsp3) is 0.385. The molecule has 1 aliphatic heterocycles. The van der Waals surface area contributed by atoms with Crippen molar-refractivity contribution in [3.05, 3.63) is 27.8 Å². The third kappa shape index (κ3) is 2.08. The van der Waals surface area contributed by atoms with Gasteiger partial charge in [0.2, 0.25) is 5.91 Å². The zero-order valence-electron chi connectivity index (χ0n) is 10.6. The molecule has 0 aliphatic carbocycles. The molecule has 0 atom stereocenters. The second-order valence-corrected chi connectivity index (χ2v) is 4.94. The highest BCUT2D eigenvalue weighted by Crippen LogP contribution is 2.34. The fourth-order valence-corrected chi connectivity index (χ4v) is 2.54. The SMILES string of the molecule is Cc1cc(Cl)c(N2CCC(=O)NC2=O)c(C)c1C. The Labute approximate surface area is 111 Å². The molecular formula is C13H15ClN2O2. The molecule has 1 aromatic carbocycles. The molecule has 1 aliphatic rings. The van der Waals surface area contributed by atoms with E-state index in [0.717, 1.165) is 16.7 Å². The van der Waals surface area contributed by atoms with Crippen molar-refractivity contribution in [1.29, 1.82) is 0 Å². The average Bonchev–Trinajstić information content (AvgIpc) is 2.29. The van der Waals surface area contributed by atoms with Gasteiger partial charge in [0.25, 0.3) is 0 Å². The molecule has 1 saturated heterocycles. The smallest absolute Gasteiger partial charge is 0.292 e. The van der Waals surface area contributed by atoms with E-state index in [2.05, 4.69) is 5.32 Å². The van der Waals surface area contributed by atoms with Crippen molar-refractivity contribution >= 4 is 29.2 Å². The van der Waals surface area contributed by atoms with Crippen molar-refractivity contribution in [2.24, 2.45) is 0 Å². The number of benzene rings is 1. The molecule has 0 spiro atoms. The van der Waals surface area contributed by atoms with Crippen LogP contribution >= 0.6 is 11.6 Å².